The maximum atomic E-state index is 12.1. The van der Waals surface area contributed by atoms with Crippen LogP contribution in [0.2, 0.25) is 0 Å². The number of aryl methyl sites for hydroxylation is 1. The Bertz CT molecular complexity index is 595. The second kappa shape index (κ2) is 7.71. The molecule has 0 fully saturated rings. The monoisotopic (exact) mass is 329 g/mol. The molecule has 2 atom stereocenters. The zero-order chi connectivity index (χ0) is 16.9. The average molecular weight is 329 g/mol. The largest absolute Gasteiger partial charge is 0.464 e. The summed E-state index contributed by atoms with van der Waals surface area (Å²) in [5.74, 6) is -0.510. The van der Waals surface area contributed by atoms with E-state index < -0.39 is 28.2 Å². The number of carbonyl (C=O) groups is 1. The molecule has 124 valence electrons. The normalized spacial score (nSPS) is 14.6. The molecule has 6 nitrogen and oxygen atoms in total. The lowest BCUT2D eigenvalue weighted by molar-refractivity contribution is -0.148. The Morgan fingerprint density at radius 2 is 1.73 bits per heavy atom. The summed E-state index contributed by atoms with van der Waals surface area (Å²) in [6.45, 7) is 7.28. The zero-order valence-corrected chi connectivity index (χ0v) is 14.1. The number of nitrogens with two attached hydrogens (primary N) is 1. The molecule has 0 aliphatic carbocycles. The highest BCUT2D eigenvalue weighted by Gasteiger charge is 2.28. The van der Waals surface area contributed by atoms with Gasteiger partial charge in [0.25, 0.3) is 10.1 Å². The first kappa shape index (κ1) is 18.6. The first-order chi connectivity index (χ1) is 10.1. The molecule has 0 heterocycles. The second-order valence-corrected chi connectivity index (χ2v) is 7.19. The van der Waals surface area contributed by atoms with Crippen LogP contribution in [0.3, 0.4) is 0 Å². The van der Waals surface area contributed by atoms with E-state index in [0.29, 0.717) is 0 Å². The molecule has 0 spiro atoms. The number of esters is 1. The number of hydrogen-bond acceptors (Lipinski definition) is 6. The van der Waals surface area contributed by atoms with Gasteiger partial charge in [0, 0.05) is 0 Å². The Morgan fingerprint density at radius 3 is 2.23 bits per heavy atom. The molecule has 1 rings (SSSR count). The maximum Gasteiger partial charge on any atom is 0.325 e. The van der Waals surface area contributed by atoms with E-state index >= 15 is 0 Å². The van der Waals surface area contributed by atoms with Crippen LogP contribution in [0.25, 0.3) is 0 Å². The predicted octanol–water partition coefficient (Wildman–Crippen LogP) is 1.62. The fourth-order valence-corrected chi connectivity index (χ4v) is 2.66. The summed E-state index contributed by atoms with van der Waals surface area (Å²) in [7, 11) is -3.97. The van der Waals surface area contributed by atoms with Crippen LogP contribution < -0.4 is 5.73 Å². The van der Waals surface area contributed by atoms with E-state index in [9.17, 15) is 13.2 Å². The molecule has 0 saturated heterocycles. The molecule has 0 saturated carbocycles. The first-order valence-electron chi connectivity index (χ1n) is 7.05. The third kappa shape index (κ3) is 5.40. The zero-order valence-electron chi connectivity index (χ0n) is 13.3. The van der Waals surface area contributed by atoms with Gasteiger partial charge in [-0.3, -0.25) is 8.98 Å². The van der Waals surface area contributed by atoms with Crippen LogP contribution in [0.15, 0.2) is 29.2 Å². The van der Waals surface area contributed by atoms with Gasteiger partial charge in [0.15, 0.2) is 0 Å². The molecule has 1 aromatic carbocycles. The lowest BCUT2D eigenvalue weighted by atomic mass is 10.2. The topological polar surface area (TPSA) is 95.7 Å². The third-order valence-corrected chi connectivity index (χ3v) is 4.33. The van der Waals surface area contributed by atoms with Crippen LogP contribution in [0.5, 0.6) is 0 Å². The number of hydrogen-bond donors (Lipinski definition) is 1. The highest BCUT2D eigenvalue weighted by atomic mass is 32.2. The molecule has 0 aliphatic heterocycles. The van der Waals surface area contributed by atoms with E-state index in [0.717, 1.165) is 5.56 Å². The van der Waals surface area contributed by atoms with Gasteiger partial charge in [0.2, 0.25) is 0 Å². The van der Waals surface area contributed by atoms with Crippen molar-refractivity contribution < 1.29 is 22.1 Å². The second-order valence-electron chi connectivity index (χ2n) is 5.62. The fourth-order valence-electron chi connectivity index (χ4n) is 1.56. The molecular formula is C15H23NO5S. The molecule has 0 aliphatic rings. The van der Waals surface area contributed by atoms with Crippen LogP contribution in [-0.4, -0.2) is 33.1 Å². The summed E-state index contributed by atoms with van der Waals surface area (Å²) in [6, 6.07) is 5.05. The van der Waals surface area contributed by atoms with Crippen molar-refractivity contribution in [3.05, 3.63) is 29.8 Å². The molecule has 0 radical (unpaired) electrons. The highest BCUT2D eigenvalue weighted by Crippen LogP contribution is 2.16. The quantitative estimate of drug-likeness (QED) is 0.603. The van der Waals surface area contributed by atoms with Gasteiger partial charge in [-0.05, 0) is 31.9 Å². The smallest absolute Gasteiger partial charge is 0.325 e. The van der Waals surface area contributed by atoms with Gasteiger partial charge in [0.05, 0.1) is 11.5 Å². The molecule has 7 heteroatoms. The number of benzene rings is 1. The Kier molecular flexibility index (Phi) is 6.52. The summed E-state index contributed by atoms with van der Waals surface area (Å²) < 4.78 is 34.2. The van der Waals surface area contributed by atoms with Crippen molar-refractivity contribution in [2.45, 2.75) is 44.7 Å². The molecule has 2 unspecified atom stereocenters. The van der Waals surface area contributed by atoms with Crippen LogP contribution in [0.4, 0.5) is 0 Å². The lowest BCUT2D eigenvalue weighted by Crippen LogP contribution is -2.44. The van der Waals surface area contributed by atoms with Gasteiger partial charge < -0.3 is 10.5 Å². The number of carbonyl (C=O) groups excluding carboxylic acids is 1. The van der Waals surface area contributed by atoms with E-state index in [2.05, 4.69) is 0 Å². The van der Waals surface area contributed by atoms with Crippen molar-refractivity contribution >= 4 is 16.1 Å². The minimum absolute atomic E-state index is 0.0210. The van der Waals surface area contributed by atoms with Gasteiger partial charge in [-0.25, -0.2) is 0 Å². The maximum absolute atomic E-state index is 12.1. The van der Waals surface area contributed by atoms with Crippen molar-refractivity contribution in [2.75, 3.05) is 6.61 Å². The van der Waals surface area contributed by atoms with E-state index in [-0.39, 0.29) is 17.4 Å². The molecule has 22 heavy (non-hydrogen) atoms. The van der Waals surface area contributed by atoms with E-state index in [1.165, 1.54) is 19.1 Å². The SMILES string of the molecule is Cc1ccc(S(=O)(=O)OC(C)C(N)C(=O)OCC(C)C)cc1. The van der Waals surface area contributed by atoms with Gasteiger partial charge in [0.1, 0.15) is 12.1 Å². The van der Waals surface area contributed by atoms with Gasteiger partial charge >= 0.3 is 5.97 Å². The summed E-state index contributed by atoms with van der Waals surface area (Å²) in [5.41, 5.74) is 6.62. The summed E-state index contributed by atoms with van der Waals surface area (Å²) in [6.07, 6.45) is -1.02. The third-order valence-electron chi connectivity index (χ3n) is 2.92. The van der Waals surface area contributed by atoms with Crippen LogP contribution in [-0.2, 0) is 23.8 Å². The summed E-state index contributed by atoms with van der Waals surface area (Å²) in [5, 5.41) is 0. The molecule has 1 aromatic rings. The van der Waals surface area contributed by atoms with Gasteiger partial charge in [-0.2, -0.15) is 8.42 Å². The van der Waals surface area contributed by atoms with Gasteiger partial charge in [-0.15, -0.1) is 0 Å². The summed E-state index contributed by atoms with van der Waals surface area (Å²) >= 11 is 0. The van der Waals surface area contributed by atoms with Crippen molar-refractivity contribution in [1.82, 2.24) is 0 Å². The highest BCUT2D eigenvalue weighted by molar-refractivity contribution is 7.86. The van der Waals surface area contributed by atoms with Crippen molar-refractivity contribution in [3.63, 3.8) is 0 Å². The van der Waals surface area contributed by atoms with Gasteiger partial charge in [-0.1, -0.05) is 31.5 Å². The van der Waals surface area contributed by atoms with Crippen LogP contribution in [0, 0.1) is 12.8 Å². The number of ether oxygens (including phenoxy) is 1. The van der Waals surface area contributed by atoms with Crippen LogP contribution in [0.1, 0.15) is 26.3 Å². The van der Waals surface area contributed by atoms with E-state index in [4.69, 9.17) is 14.7 Å². The lowest BCUT2D eigenvalue weighted by Gasteiger charge is -2.19. The molecule has 0 bridgehead atoms. The Balaban J connectivity index is 2.71. The van der Waals surface area contributed by atoms with Crippen LogP contribution >= 0.6 is 0 Å². The van der Waals surface area contributed by atoms with Crippen molar-refractivity contribution in [1.29, 1.82) is 0 Å². The predicted molar refractivity (Wildman–Crippen MR) is 82.7 cm³/mol. The molecule has 0 amide bonds. The first-order valence-corrected chi connectivity index (χ1v) is 8.46. The van der Waals surface area contributed by atoms with E-state index in [1.807, 2.05) is 20.8 Å². The minimum Gasteiger partial charge on any atom is -0.464 e. The summed E-state index contributed by atoms with van der Waals surface area (Å²) in [4.78, 5) is 11.8. The Hall–Kier alpha value is -1.44. The number of rotatable bonds is 7. The Labute approximate surface area is 131 Å². The minimum atomic E-state index is -3.97. The molecular weight excluding hydrogens is 306 g/mol. The molecule has 2 N–H and O–H groups in total. The average Bonchev–Trinajstić information content (AvgIpc) is 2.43. The Morgan fingerprint density at radius 1 is 1.18 bits per heavy atom. The standard InChI is InChI=1S/C15H23NO5S/c1-10(2)9-20-15(17)14(16)12(4)21-22(18,19)13-7-5-11(3)6-8-13/h5-8,10,12,14H,9,16H2,1-4H3. The van der Waals surface area contributed by atoms with Crippen molar-refractivity contribution in [3.8, 4) is 0 Å². The molecule has 0 aromatic heterocycles. The van der Waals surface area contributed by atoms with E-state index in [1.54, 1.807) is 12.1 Å². The fraction of sp³-hybridized carbons (Fsp3) is 0.533. The van der Waals surface area contributed by atoms with Crippen molar-refractivity contribution in [2.24, 2.45) is 11.7 Å².